The summed E-state index contributed by atoms with van der Waals surface area (Å²) < 4.78 is 65.7. The number of alkyl halides is 1. The van der Waals surface area contributed by atoms with Crippen LogP contribution in [0.4, 0.5) is 4.39 Å². The minimum Gasteiger partial charge on any atom is -0.456 e. The highest BCUT2D eigenvalue weighted by molar-refractivity contribution is 7.52. The van der Waals surface area contributed by atoms with Crippen molar-refractivity contribution in [2.45, 2.75) is 63.6 Å². The zero-order valence-electron chi connectivity index (χ0n) is 23.8. The number of nitrogens with zero attached hydrogens (tertiary/aromatic N) is 1. The SMILES string of the molecule is CCC(=O)OC1C(COP(=O)(N[C@@H](C)C2OCCO2)Oc2cccc3ccccc23)OC(n2ccc(=O)[nH]c2=O)C1(C)F. The standard InChI is InChI=1S/C28H33FN3O10P/c1-4-23(34)41-24-21(40-26(28(24,3)29)32-13-12-22(33)30-27(32)35)16-39-43(36,31-17(2)25-37-14-15-38-25)42-20-11-7-9-18-8-5-6-10-19(18)20/h5-13,17,21,24-26H,4,14-16H2,1-3H3,(H,31,36)(H,30,33,35)/t17-,21?,24?,26?,28?,43?/m0/s1. The first kappa shape index (κ1) is 31.0. The van der Waals surface area contributed by atoms with Crippen LogP contribution in [0.25, 0.3) is 10.8 Å². The van der Waals surface area contributed by atoms with E-state index in [0.29, 0.717) is 18.6 Å². The van der Waals surface area contributed by atoms with Crippen LogP contribution in [0.2, 0.25) is 0 Å². The molecule has 13 nitrogen and oxygen atoms in total. The van der Waals surface area contributed by atoms with Gasteiger partial charge in [-0.15, -0.1) is 0 Å². The van der Waals surface area contributed by atoms with Crippen molar-refractivity contribution in [1.29, 1.82) is 0 Å². The minimum absolute atomic E-state index is 0.0629. The van der Waals surface area contributed by atoms with Crippen LogP contribution < -0.4 is 20.9 Å². The molecule has 2 aliphatic rings. The third kappa shape index (κ3) is 6.74. The molecule has 2 fully saturated rings. The third-order valence-electron chi connectivity index (χ3n) is 7.13. The maximum absolute atomic E-state index is 16.4. The lowest BCUT2D eigenvalue weighted by atomic mass is 9.98. The van der Waals surface area contributed by atoms with E-state index in [9.17, 15) is 18.9 Å². The Balaban J connectivity index is 1.45. The summed E-state index contributed by atoms with van der Waals surface area (Å²) >= 11 is 0. The fraction of sp³-hybridized carbons (Fsp3) is 0.464. The summed E-state index contributed by atoms with van der Waals surface area (Å²) in [5.74, 6) is -0.474. The highest BCUT2D eigenvalue weighted by Gasteiger charge is 2.58. The molecule has 0 amide bonds. The number of aromatic amines is 1. The number of aromatic nitrogens is 2. The quantitative estimate of drug-likeness (QED) is 0.239. The molecule has 5 unspecified atom stereocenters. The molecule has 1 aromatic heterocycles. The molecule has 15 heteroatoms. The highest BCUT2D eigenvalue weighted by atomic mass is 31.2. The van der Waals surface area contributed by atoms with Crippen LogP contribution in [-0.4, -0.2) is 65.5 Å². The Morgan fingerprint density at radius 3 is 2.63 bits per heavy atom. The number of halogens is 1. The van der Waals surface area contributed by atoms with Gasteiger partial charge in [0.2, 0.25) is 0 Å². The normalized spacial score (nSPS) is 26.3. The van der Waals surface area contributed by atoms with Crippen molar-refractivity contribution < 1.29 is 41.7 Å². The Morgan fingerprint density at radius 2 is 1.91 bits per heavy atom. The van der Waals surface area contributed by atoms with Crippen LogP contribution in [0.3, 0.4) is 0 Å². The fourth-order valence-electron chi connectivity index (χ4n) is 5.01. The Kier molecular flexibility index (Phi) is 9.16. The van der Waals surface area contributed by atoms with Crippen molar-refractivity contribution in [2.24, 2.45) is 0 Å². The molecule has 43 heavy (non-hydrogen) atoms. The maximum Gasteiger partial charge on any atom is 0.459 e. The minimum atomic E-state index is -4.29. The Hall–Kier alpha value is -3.39. The molecule has 0 spiro atoms. The number of ether oxygens (including phenoxy) is 4. The first-order chi connectivity index (χ1) is 20.5. The summed E-state index contributed by atoms with van der Waals surface area (Å²) in [4.78, 5) is 38.4. The lowest BCUT2D eigenvalue weighted by molar-refractivity contribution is -0.157. The molecule has 232 valence electrons. The molecule has 0 radical (unpaired) electrons. The first-order valence-corrected chi connectivity index (χ1v) is 15.3. The lowest BCUT2D eigenvalue weighted by Crippen LogP contribution is -2.46. The van der Waals surface area contributed by atoms with Crippen LogP contribution >= 0.6 is 7.75 Å². The number of H-pyrrole nitrogens is 1. The second kappa shape index (κ2) is 12.7. The van der Waals surface area contributed by atoms with Gasteiger partial charge in [0.05, 0.1) is 25.9 Å². The summed E-state index contributed by atoms with van der Waals surface area (Å²) in [7, 11) is -4.29. The van der Waals surface area contributed by atoms with Gasteiger partial charge in [-0.3, -0.25) is 23.7 Å². The maximum atomic E-state index is 16.4. The first-order valence-electron chi connectivity index (χ1n) is 13.8. The zero-order chi connectivity index (χ0) is 30.8. The number of carbonyl (C=O) groups excluding carboxylic acids is 1. The van der Waals surface area contributed by atoms with E-state index in [0.717, 1.165) is 29.1 Å². The van der Waals surface area contributed by atoms with Gasteiger partial charge in [0, 0.05) is 24.1 Å². The largest absolute Gasteiger partial charge is 0.459 e. The molecular formula is C28H33FN3O10P. The molecule has 3 heterocycles. The van der Waals surface area contributed by atoms with Gasteiger partial charge in [-0.1, -0.05) is 43.3 Å². The van der Waals surface area contributed by atoms with Crippen LogP contribution in [0.1, 0.15) is 33.4 Å². The smallest absolute Gasteiger partial charge is 0.456 e. The van der Waals surface area contributed by atoms with E-state index in [1.807, 2.05) is 23.2 Å². The number of fused-ring (bicyclic) bond motifs is 1. The molecule has 2 N–H and O–H groups in total. The van der Waals surface area contributed by atoms with Gasteiger partial charge in [0.15, 0.2) is 24.3 Å². The van der Waals surface area contributed by atoms with Crippen molar-refractivity contribution >= 4 is 24.5 Å². The lowest BCUT2D eigenvalue weighted by Gasteiger charge is -2.29. The molecule has 2 saturated heterocycles. The zero-order valence-corrected chi connectivity index (χ0v) is 24.7. The Bertz CT molecular complexity index is 1620. The Labute approximate surface area is 245 Å². The summed E-state index contributed by atoms with van der Waals surface area (Å²) in [5.41, 5.74) is -4.08. The van der Waals surface area contributed by atoms with Crippen LogP contribution in [-0.2, 0) is 32.8 Å². The van der Waals surface area contributed by atoms with Crippen molar-refractivity contribution in [3.8, 4) is 5.75 Å². The summed E-state index contributed by atoms with van der Waals surface area (Å²) in [5, 5.41) is 4.32. The van der Waals surface area contributed by atoms with Crippen LogP contribution in [0.5, 0.6) is 5.75 Å². The van der Waals surface area contributed by atoms with E-state index >= 15 is 4.39 Å². The van der Waals surface area contributed by atoms with E-state index in [1.54, 1.807) is 31.2 Å². The predicted octanol–water partition coefficient (Wildman–Crippen LogP) is 3.19. The molecule has 6 atom stereocenters. The monoisotopic (exact) mass is 621 g/mol. The fourth-order valence-corrected chi connectivity index (χ4v) is 6.57. The third-order valence-corrected chi connectivity index (χ3v) is 8.78. The van der Waals surface area contributed by atoms with Crippen LogP contribution in [0, 0.1) is 0 Å². The number of hydrogen-bond acceptors (Lipinski definition) is 10. The molecule has 0 bridgehead atoms. The van der Waals surface area contributed by atoms with Gasteiger partial charge in [-0.2, -0.15) is 0 Å². The molecule has 0 aliphatic carbocycles. The van der Waals surface area contributed by atoms with E-state index in [2.05, 4.69) is 5.09 Å². The van der Waals surface area contributed by atoms with Crippen molar-refractivity contribution in [3.63, 3.8) is 0 Å². The number of rotatable bonds is 11. The van der Waals surface area contributed by atoms with Gasteiger partial charge in [-0.25, -0.2) is 18.8 Å². The van der Waals surface area contributed by atoms with Gasteiger partial charge in [0.1, 0.15) is 11.9 Å². The molecule has 2 aromatic carbocycles. The van der Waals surface area contributed by atoms with Gasteiger partial charge < -0.3 is 23.5 Å². The molecule has 5 rings (SSSR count). The number of nitrogens with one attached hydrogen (secondary N) is 2. The van der Waals surface area contributed by atoms with Gasteiger partial charge >= 0.3 is 19.4 Å². The van der Waals surface area contributed by atoms with Gasteiger partial charge in [0.25, 0.3) is 5.56 Å². The number of esters is 1. The average molecular weight is 622 g/mol. The summed E-state index contributed by atoms with van der Waals surface area (Å²) in [6.45, 7) is 4.44. The van der Waals surface area contributed by atoms with E-state index in [4.69, 9.17) is 28.0 Å². The van der Waals surface area contributed by atoms with Crippen LogP contribution in [0.15, 0.2) is 64.3 Å². The van der Waals surface area contributed by atoms with Crippen molar-refractivity contribution in [1.82, 2.24) is 14.6 Å². The van der Waals surface area contributed by atoms with E-state index < -0.39 is 68.0 Å². The van der Waals surface area contributed by atoms with Gasteiger partial charge in [-0.05, 0) is 25.3 Å². The second-order valence-electron chi connectivity index (χ2n) is 10.3. The number of hydrogen-bond donors (Lipinski definition) is 2. The molecule has 0 saturated carbocycles. The topological polar surface area (TPSA) is 156 Å². The summed E-state index contributed by atoms with van der Waals surface area (Å²) in [6, 6.07) is 12.9. The number of carbonyl (C=O) groups is 1. The molecular weight excluding hydrogens is 588 g/mol. The Morgan fingerprint density at radius 1 is 1.19 bits per heavy atom. The number of benzene rings is 2. The van der Waals surface area contributed by atoms with E-state index in [-0.39, 0.29) is 12.2 Å². The average Bonchev–Trinajstić information content (AvgIpc) is 3.60. The van der Waals surface area contributed by atoms with Crippen molar-refractivity contribution in [3.05, 3.63) is 75.6 Å². The highest BCUT2D eigenvalue weighted by Crippen LogP contribution is 2.49. The molecule has 3 aromatic rings. The van der Waals surface area contributed by atoms with Crippen molar-refractivity contribution in [2.75, 3.05) is 19.8 Å². The predicted molar refractivity (Wildman–Crippen MR) is 151 cm³/mol. The molecule has 2 aliphatic heterocycles. The van der Waals surface area contributed by atoms with E-state index in [1.165, 1.54) is 6.92 Å². The summed E-state index contributed by atoms with van der Waals surface area (Å²) in [6.07, 6.45) is -4.26. The second-order valence-corrected chi connectivity index (χ2v) is 12.0.